The monoisotopic (exact) mass is 318 g/mol. The average molecular weight is 318 g/mol. The minimum Gasteiger partial charge on any atom is -0.488 e. The summed E-state index contributed by atoms with van der Waals surface area (Å²) in [6, 6.07) is 17.7. The molecule has 3 aromatic rings. The van der Waals surface area contributed by atoms with Crippen LogP contribution in [0.5, 0.6) is 5.75 Å². The summed E-state index contributed by atoms with van der Waals surface area (Å²) in [6.45, 7) is 0.496. The van der Waals surface area contributed by atoms with Crippen LogP contribution < -0.4 is 16.2 Å². The van der Waals surface area contributed by atoms with Gasteiger partial charge in [-0.25, -0.2) is 0 Å². The van der Waals surface area contributed by atoms with Gasteiger partial charge in [0.15, 0.2) is 0 Å². The van der Waals surface area contributed by atoms with Gasteiger partial charge in [0, 0.05) is 24.1 Å². The minimum atomic E-state index is -0.421. The maximum Gasteiger partial charge on any atom is 0.249 e. The highest BCUT2D eigenvalue weighted by Crippen LogP contribution is 2.41. The molecule has 4 heteroatoms. The van der Waals surface area contributed by atoms with Crippen LogP contribution >= 0.6 is 0 Å². The molecule has 1 heterocycles. The predicted octanol–water partition coefficient (Wildman–Crippen LogP) is 2.87. The largest absolute Gasteiger partial charge is 0.488 e. The molecule has 4 rings (SSSR count). The van der Waals surface area contributed by atoms with E-state index >= 15 is 0 Å². The smallest absolute Gasteiger partial charge is 0.249 e. The zero-order valence-electron chi connectivity index (χ0n) is 13.2. The number of amides is 1. The van der Waals surface area contributed by atoms with E-state index in [-0.39, 0.29) is 6.10 Å². The number of hydrogen-bond acceptors (Lipinski definition) is 3. The highest BCUT2D eigenvalue weighted by Gasteiger charge is 2.25. The van der Waals surface area contributed by atoms with Crippen molar-refractivity contribution in [1.29, 1.82) is 0 Å². The molecule has 0 saturated heterocycles. The number of hydrogen-bond donors (Lipinski definition) is 2. The van der Waals surface area contributed by atoms with Gasteiger partial charge < -0.3 is 16.2 Å². The van der Waals surface area contributed by atoms with Gasteiger partial charge in [0.1, 0.15) is 11.9 Å². The highest BCUT2D eigenvalue weighted by molar-refractivity contribution is 6.10. The molecule has 0 fully saturated rings. The van der Waals surface area contributed by atoms with Crippen molar-refractivity contribution in [3.8, 4) is 16.9 Å². The van der Waals surface area contributed by atoms with Crippen LogP contribution in [0.4, 0.5) is 0 Å². The van der Waals surface area contributed by atoms with Gasteiger partial charge in [0.05, 0.1) is 0 Å². The summed E-state index contributed by atoms with van der Waals surface area (Å²) in [5, 5.41) is 1.84. The van der Waals surface area contributed by atoms with Gasteiger partial charge in [-0.1, -0.05) is 48.5 Å². The van der Waals surface area contributed by atoms with Crippen molar-refractivity contribution in [3.63, 3.8) is 0 Å². The third-order valence-electron chi connectivity index (χ3n) is 4.57. The maximum absolute atomic E-state index is 11.7. The molecule has 0 bridgehead atoms. The van der Waals surface area contributed by atoms with E-state index < -0.39 is 5.91 Å². The van der Waals surface area contributed by atoms with Gasteiger partial charge in [0.2, 0.25) is 5.91 Å². The van der Waals surface area contributed by atoms with Crippen molar-refractivity contribution in [2.75, 3.05) is 6.54 Å². The van der Waals surface area contributed by atoms with Gasteiger partial charge in [-0.2, -0.15) is 0 Å². The quantitative estimate of drug-likeness (QED) is 0.779. The average Bonchev–Trinajstić information content (AvgIpc) is 3.04. The van der Waals surface area contributed by atoms with Crippen molar-refractivity contribution in [3.05, 3.63) is 65.7 Å². The summed E-state index contributed by atoms with van der Waals surface area (Å²) >= 11 is 0. The van der Waals surface area contributed by atoms with Crippen LogP contribution in [0.2, 0.25) is 0 Å². The maximum atomic E-state index is 11.7. The van der Waals surface area contributed by atoms with Crippen molar-refractivity contribution < 1.29 is 9.53 Å². The topological polar surface area (TPSA) is 78.3 Å². The first-order chi connectivity index (χ1) is 11.7. The fraction of sp³-hybridized carbons (Fsp3) is 0.150. The molecule has 24 heavy (non-hydrogen) atoms. The van der Waals surface area contributed by atoms with Gasteiger partial charge in [-0.15, -0.1) is 0 Å². The van der Waals surface area contributed by atoms with Crippen molar-refractivity contribution in [1.82, 2.24) is 0 Å². The number of rotatable bonds is 3. The molecule has 3 aromatic carbocycles. The van der Waals surface area contributed by atoms with Crippen molar-refractivity contribution in [2.45, 2.75) is 12.5 Å². The molecule has 0 radical (unpaired) electrons. The molecule has 4 nitrogen and oxygen atoms in total. The first-order valence-electron chi connectivity index (χ1n) is 7.99. The van der Waals surface area contributed by atoms with Crippen LogP contribution in [0.25, 0.3) is 21.9 Å². The molecular weight excluding hydrogens is 300 g/mol. The number of primary amides is 1. The Balaban J connectivity index is 1.95. The van der Waals surface area contributed by atoms with Gasteiger partial charge in [0.25, 0.3) is 0 Å². The lowest BCUT2D eigenvalue weighted by Crippen LogP contribution is -2.24. The van der Waals surface area contributed by atoms with Crippen LogP contribution in [-0.4, -0.2) is 18.6 Å². The fourth-order valence-corrected chi connectivity index (χ4v) is 3.44. The van der Waals surface area contributed by atoms with E-state index in [0.717, 1.165) is 34.1 Å². The number of benzene rings is 3. The number of ether oxygens (including phenoxy) is 1. The second kappa shape index (κ2) is 5.65. The van der Waals surface area contributed by atoms with E-state index in [1.54, 1.807) is 6.07 Å². The second-order valence-electron chi connectivity index (χ2n) is 6.04. The molecule has 4 N–H and O–H groups in total. The Hall–Kier alpha value is -2.85. The Bertz CT molecular complexity index is 950. The number of fused-ring (bicyclic) bond motifs is 2. The normalized spacial score (nSPS) is 16.0. The molecule has 0 aliphatic carbocycles. The fourth-order valence-electron chi connectivity index (χ4n) is 3.44. The zero-order chi connectivity index (χ0) is 16.7. The van der Waals surface area contributed by atoms with E-state index in [4.69, 9.17) is 16.2 Å². The molecule has 0 aromatic heterocycles. The third kappa shape index (κ3) is 2.23. The molecule has 120 valence electrons. The first-order valence-corrected chi connectivity index (χ1v) is 7.99. The zero-order valence-corrected chi connectivity index (χ0v) is 13.2. The summed E-state index contributed by atoms with van der Waals surface area (Å²) in [5.41, 5.74) is 15.0. The lowest BCUT2D eigenvalue weighted by atomic mass is 9.93. The lowest BCUT2D eigenvalue weighted by Gasteiger charge is -2.13. The number of carbonyl (C=O) groups excluding carboxylic acids is 1. The van der Waals surface area contributed by atoms with Gasteiger partial charge in [-0.3, -0.25) is 4.79 Å². The third-order valence-corrected chi connectivity index (χ3v) is 4.57. The minimum absolute atomic E-state index is 0.0253. The van der Waals surface area contributed by atoms with Crippen LogP contribution in [0.3, 0.4) is 0 Å². The summed E-state index contributed by atoms with van der Waals surface area (Å²) in [7, 11) is 0. The van der Waals surface area contributed by atoms with Crippen molar-refractivity contribution in [2.24, 2.45) is 11.5 Å². The molecule has 1 amide bonds. The summed E-state index contributed by atoms with van der Waals surface area (Å²) in [5.74, 6) is 0.473. The molecule has 1 aliphatic heterocycles. The SMILES string of the molecule is NCC1Cc2cccc(-c3cccc4c(C(N)=O)cccc34)c2O1. The Morgan fingerprint density at radius 3 is 2.50 bits per heavy atom. The van der Waals surface area contributed by atoms with Gasteiger partial charge in [-0.05, 0) is 28.0 Å². The van der Waals surface area contributed by atoms with Crippen LogP contribution in [0.15, 0.2) is 54.6 Å². The van der Waals surface area contributed by atoms with E-state index in [9.17, 15) is 4.79 Å². The highest BCUT2D eigenvalue weighted by atomic mass is 16.5. The molecular formula is C20H18N2O2. The van der Waals surface area contributed by atoms with Crippen LogP contribution in [0.1, 0.15) is 15.9 Å². The predicted molar refractivity (Wildman–Crippen MR) is 95.1 cm³/mol. The standard InChI is InChI=1S/C20H18N2O2/c21-11-13-10-12-4-1-8-17(19(12)24-13)15-6-2-7-16-14(15)5-3-9-18(16)20(22)23/h1-9,13H,10-11,21H2,(H2,22,23). The lowest BCUT2D eigenvalue weighted by molar-refractivity contribution is 0.100. The first kappa shape index (κ1) is 14.7. The summed E-state index contributed by atoms with van der Waals surface area (Å²) < 4.78 is 6.05. The second-order valence-corrected chi connectivity index (χ2v) is 6.04. The Morgan fingerprint density at radius 2 is 1.71 bits per heavy atom. The van der Waals surface area contributed by atoms with E-state index in [2.05, 4.69) is 6.07 Å². The molecule has 1 atom stereocenters. The summed E-state index contributed by atoms with van der Waals surface area (Å²) in [6.07, 6.45) is 0.856. The van der Waals surface area contributed by atoms with E-state index in [1.165, 1.54) is 5.56 Å². The Kier molecular flexibility index (Phi) is 3.47. The summed E-state index contributed by atoms with van der Waals surface area (Å²) in [4.78, 5) is 11.7. The van der Waals surface area contributed by atoms with Crippen molar-refractivity contribution >= 4 is 16.7 Å². The number of carbonyl (C=O) groups is 1. The molecule has 0 saturated carbocycles. The van der Waals surface area contributed by atoms with Crippen LogP contribution in [0, 0.1) is 0 Å². The number of para-hydroxylation sites is 1. The Labute approximate surface area is 140 Å². The van der Waals surface area contributed by atoms with E-state index in [0.29, 0.717) is 12.1 Å². The molecule has 1 unspecified atom stereocenters. The van der Waals surface area contributed by atoms with Crippen LogP contribution in [-0.2, 0) is 6.42 Å². The molecule has 1 aliphatic rings. The molecule has 0 spiro atoms. The van der Waals surface area contributed by atoms with E-state index in [1.807, 2.05) is 42.5 Å². The number of nitrogens with two attached hydrogens (primary N) is 2. The van der Waals surface area contributed by atoms with Gasteiger partial charge >= 0.3 is 0 Å². The Morgan fingerprint density at radius 1 is 1.00 bits per heavy atom.